The molecule has 7 nitrogen and oxygen atoms in total. The molecule has 5 aromatic rings. The molecule has 1 unspecified atom stereocenters. The number of carbonyl (C=O) groups excluding carboxylic acids is 1. The third-order valence-electron chi connectivity index (χ3n) is 7.52. The number of nitrogens with one attached hydrogen (secondary N) is 2. The zero-order valence-electron chi connectivity index (χ0n) is 22.2. The first-order chi connectivity index (χ1) is 19.6. The number of hydrogen-bond donors (Lipinski definition) is 2. The van der Waals surface area contributed by atoms with Crippen LogP contribution in [-0.2, 0) is 17.6 Å². The summed E-state index contributed by atoms with van der Waals surface area (Å²) in [6.45, 7) is 2.31. The van der Waals surface area contributed by atoms with Gasteiger partial charge in [0.2, 0.25) is 0 Å². The molecular weight excluding hydrogens is 518 g/mol. The van der Waals surface area contributed by atoms with Gasteiger partial charge >= 0.3 is 0 Å². The molecule has 40 heavy (non-hydrogen) atoms. The molecule has 1 aliphatic carbocycles. The molecule has 3 aromatic carbocycles. The van der Waals surface area contributed by atoms with Crippen LogP contribution in [0, 0.1) is 5.92 Å². The fourth-order valence-electron chi connectivity index (χ4n) is 5.41. The van der Waals surface area contributed by atoms with Crippen LogP contribution in [0.2, 0.25) is 0 Å². The Morgan fingerprint density at radius 3 is 2.62 bits per heavy atom. The molecule has 2 aromatic heterocycles. The number of thiophene rings is 1. The monoisotopic (exact) mass is 545 g/mol. The van der Waals surface area contributed by atoms with Gasteiger partial charge in [0.25, 0.3) is 5.91 Å². The number of anilines is 3. The molecule has 0 spiro atoms. The minimum absolute atomic E-state index is 0.186. The van der Waals surface area contributed by atoms with E-state index >= 15 is 0 Å². The lowest BCUT2D eigenvalue weighted by molar-refractivity contribution is -0.110. The predicted molar refractivity (Wildman–Crippen MR) is 162 cm³/mol. The second-order valence-corrected chi connectivity index (χ2v) is 11.4. The number of aliphatic imine (C=N–C) groups is 1. The Morgan fingerprint density at radius 1 is 1.02 bits per heavy atom. The van der Waals surface area contributed by atoms with Gasteiger partial charge in [-0.2, -0.15) is 0 Å². The SMILES string of the molecule is COc1ccc(-c2nc(Nc3ccc(N=C4C(=O)Nc5ccccc54)cc3)c3c4c(sc3n2)CCC(C)C4)cc1. The molecule has 0 saturated heterocycles. The quantitative estimate of drug-likeness (QED) is 0.242. The van der Waals surface area contributed by atoms with Gasteiger partial charge in [0.15, 0.2) is 5.82 Å². The molecule has 7 rings (SSSR count). The smallest absolute Gasteiger partial charge is 0.275 e. The molecule has 2 N–H and O–H groups in total. The van der Waals surface area contributed by atoms with E-state index in [1.54, 1.807) is 18.4 Å². The van der Waals surface area contributed by atoms with Gasteiger partial charge in [-0.25, -0.2) is 15.0 Å². The molecular formula is C32H27N5O2S. The van der Waals surface area contributed by atoms with E-state index in [1.807, 2.05) is 72.8 Å². The second kappa shape index (κ2) is 9.88. The molecule has 2 aliphatic rings. The number of rotatable bonds is 5. The van der Waals surface area contributed by atoms with Crippen LogP contribution in [0.5, 0.6) is 5.75 Å². The third kappa shape index (κ3) is 4.40. The van der Waals surface area contributed by atoms with Crippen LogP contribution in [0.4, 0.5) is 22.9 Å². The van der Waals surface area contributed by atoms with E-state index in [4.69, 9.17) is 14.7 Å². The highest BCUT2D eigenvalue weighted by Crippen LogP contribution is 2.42. The first-order valence-electron chi connectivity index (χ1n) is 13.4. The predicted octanol–water partition coefficient (Wildman–Crippen LogP) is 7.31. The summed E-state index contributed by atoms with van der Waals surface area (Å²) in [7, 11) is 1.66. The lowest BCUT2D eigenvalue weighted by Crippen LogP contribution is -2.13. The van der Waals surface area contributed by atoms with Crippen molar-refractivity contribution in [3.05, 3.63) is 88.8 Å². The summed E-state index contributed by atoms with van der Waals surface area (Å²) in [4.78, 5) is 29.6. The Bertz CT molecular complexity index is 1790. The molecule has 0 fully saturated rings. The maximum Gasteiger partial charge on any atom is 0.275 e. The van der Waals surface area contributed by atoms with Crippen molar-refractivity contribution >= 4 is 56.1 Å². The molecule has 1 aliphatic heterocycles. The zero-order chi connectivity index (χ0) is 27.2. The highest BCUT2D eigenvalue weighted by atomic mass is 32.1. The van der Waals surface area contributed by atoms with Crippen molar-refractivity contribution in [3.8, 4) is 17.1 Å². The highest BCUT2D eigenvalue weighted by Gasteiger charge is 2.26. The number of benzene rings is 3. The summed E-state index contributed by atoms with van der Waals surface area (Å²) < 4.78 is 5.34. The van der Waals surface area contributed by atoms with Gasteiger partial charge in [0.1, 0.15) is 22.1 Å². The van der Waals surface area contributed by atoms with E-state index in [-0.39, 0.29) is 5.91 Å². The van der Waals surface area contributed by atoms with Crippen LogP contribution in [0.1, 0.15) is 29.3 Å². The number of methoxy groups -OCH3 is 1. The Kier molecular flexibility index (Phi) is 6.04. The van der Waals surface area contributed by atoms with E-state index in [0.717, 1.165) is 57.1 Å². The van der Waals surface area contributed by atoms with Crippen molar-refractivity contribution in [3.63, 3.8) is 0 Å². The summed E-state index contributed by atoms with van der Waals surface area (Å²) >= 11 is 1.79. The highest BCUT2D eigenvalue weighted by molar-refractivity contribution is 7.19. The summed E-state index contributed by atoms with van der Waals surface area (Å²) in [5.41, 5.74) is 5.95. The number of para-hydroxylation sites is 1. The van der Waals surface area contributed by atoms with E-state index in [9.17, 15) is 4.79 Å². The number of aromatic nitrogens is 2. The van der Waals surface area contributed by atoms with Crippen molar-refractivity contribution in [2.24, 2.45) is 10.9 Å². The summed E-state index contributed by atoms with van der Waals surface area (Å²) in [5.74, 6) is 2.74. The van der Waals surface area contributed by atoms with Crippen molar-refractivity contribution in [1.29, 1.82) is 0 Å². The standard InChI is InChI=1S/C32H27N5O2S/c1-18-7-16-26-24(17-18)27-30(36-29(37-32(27)40-26)19-8-14-22(39-2)15-9-19)34-21-12-10-20(11-13-21)33-28-23-5-3-4-6-25(23)35-31(28)38/h3-6,8-15,18H,7,16-17H2,1-2H3,(H,33,35,38)(H,34,36,37). The molecule has 0 bridgehead atoms. The Hall–Kier alpha value is -4.56. The second-order valence-electron chi connectivity index (χ2n) is 10.3. The number of nitrogens with zero attached hydrogens (tertiary/aromatic N) is 3. The van der Waals surface area contributed by atoms with Gasteiger partial charge in [-0.05, 0) is 85.3 Å². The minimum Gasteiger partial charge on any atom is -0.497 e. The lowest BCUT2D eigenvalue weighted by atomic mass is 9.88. The van der Waals surface area contributed by atoms with Crippen LogP contribution < -0.4 is 15.4 Å². The first-order valence-corrected chi connectivity index (χ1v) is 14.2. The van der Waals surface area contributed by atoms with Crippen molar-refractivity contribution in [2.75, 3.05) is 17.7 Å². The molecule has 0 radical (unpaired) electrons. The normalized spacial score (nSPS) is 17.0. The maximum atomic E-state index is 12.5. The molecule has 8 heteroatoms. The number of fused-ring (bicyclic) bond motifs is 4. The third-order valence-corrected chi connectivity index (χ3v) is 8.70. The summed E-state index contributed by atoms with van der Waals surface area (Å²) in [6, 6.07) is 23.2. The van der Waals surface area contributed by atoms with Gasteiger partial charge in [0.05, 0.1) is 23.9 Å². The van der Waals surface area contributed by atoms with E-state index in [2.05, 4.69) is 22.5 Å². The summed E-state index contributed by atoms with van der Waals surface area (Å²) in [6.07, 6.45) is 3.32. The lowest BCUT2D eigenvalue weighted by Gasteiger charge is -2.19. The Balaban J connectivity index is 1.26. The van der Waals surface area contributed by atoms with Gasteiger partial charge < -0.3 is 15.4 Å². The fraction of sp³-hybridized carbons (Fsp3) is 0.188. The number of ether oxygens (including phenoxy) is 1. The number of aryl methyl sites for hydroxylation is 1. The Labute approximate surface area is 236 Å². The fourth-order valence-corrected chi connectivity index (χ4v) is 6.62. The number of hydrogen-bond acceptors (Lipinski definition) is 7. The molecule has 198 valence electrons. The summed E-state index contributed by atoms with van der Waals surface area (Å²) in [5, 5.41) is 7.57. The molecule has 0 saturated carbocycles. The van der Waals surface area contributed by atoms with Crippen LogP contribution >= 0.6 is 11.3 Å². The minimum atomic E-state index is -0.186. The number of carbonyl (C=O) groups is 1. The van der Waals surface area contributed by atoms with E-state index in [0.29, 0.717) is 23.1 Å². The van der Waals surface area contributed by atoms with Gasteiger partial charge in [0, 0.05) is 21.7 Å². The van der Waals surface area contributed by atoms with Crippen LogP contribution in [0.15, 0.2) is 77.8 Å². The van der Waals surface area contributed by atoms with Gasteiger partial charge in [-0.3, -0.25) is 4.79 Å². The molecule has 1 atom stereocenters. The van der Waals surface area contributed by atoms with Crippen LogP contribution in [0.3, 0.4) is 0 Å². The average molecular weight is 546 g/mol. The topological polar surface area (TPSA) is 88.5 Å². The van der Waals surface area contributed by atoms with E-state index in [1.165, 1.54) is 16.9 Å². The van der Waals surface area contributed by atoms with Crippen molar-refractivity contribution in [1.82, 2.24) is 9.97 Å². The van der Waals surface area contributed by atoms with Gasteiger partial charge in [-0.1, -0.05) is 25.1 Å². The van der Waals surface area contributed by atoms with Crippen LogP contribution in [0.25, 0.3) is 21.6 Å². The van der Waals surface area contributed by atoms with Gasteiger partial charge in [-0.15, -0.1) is 11.3 Å². The maximum absolute atomic E-state index is 12.5. The zero-order valence-corrected chi connectivity index (χ0v) is 23.0. The molecule has 1 amide bonds. The van der Waals surface area contributed by atoms with Crippen molar-refractivity contribution in [2.45, 2.75) is 26.2 Å². The molecule has 3 heterocycles. The largest absolute Gasteiger partial charge is 0.497 e. The average Bonchev–Trinajstić information content (AvgIpc) is 3.50. The first kappa shape index (κ1) is 24.5. The van der Waals surface area contributed by atoms with Crippen LogP contribution in [-0.4, -0.2) is 28.7 Å². The Morgan fingerprint density at radius 2 is 1.82 bits per heavy atom. The van der Waals surface area contributed by atoms with Crippen molar-refractivity contribution < 1.29 is 9.53 Å². The van der Waals surface area contributed by atoms with E-state index < -0.39 is 0 Å². The number of amides is 1.